The van der Waals surface area contributed by atoms with Gasteiger partial charge in [0.25, 0.3) is 5.56 Å². The SMILES string of the molecule is CSCC[C@H](CO)NC(=O)Cn1nc(-c2ccc(Cl)cc2)ccc1=O. The summed E-state index contributed by atoms with van der Waals surface area (Å²) in [4.78, 5) is 24.1. The van der Waals surface area contributed by atoms with Gasteiger partial charge in [-0.25, -0.2) is 4.68 Å². The van der Waals surface area contributed by atoms with Crippen LogP contribution in [0.5, 0.6) is 0 Å². The van der Waals surface area contributed by atoms with Gasteiger partial charge in [0, 0.05) is 16.7 Å². The zero-order valence-electron chi connectivity index (χ0n) is 13.8. The number of benzene rings is 1. The van der Waals surface area contributed by atoms with Crippen molar-refractivity contribution in [1.29, 1.82) is 0 Å². The molecule has 0 saturated heterocycles. The first-order valence-electron chi connectivity index (χ1n) is 7.76. The highest BCUT2D eigenvalue weighted by molar-refractivity contribution is 7.98. The van der Waals surface area contributed by atoms with E-state index >= 15 is 0 Å². The summed E-state index contributed by atoms with van der Waals surface area (Å²) in [6.45, 7) is -0.338. The summed E-state index contributed by atoms with van der Waals surface area (Å²) in [7, 11) is 0. The van der Waals surface area contributed by atoms with E-state index in [0.717, 1.165) is 16.0 Å². The monoisotopic (exact) mass is 381 g/mol. The van der Waals surface area contributed by atoms with Crippen LogP contribution >= 0.6 is 23.4 Å². The van der Waals surface area contributed by atoms with Gasteiger partial charge in [0.15, 0.2) is 0 Å². The number of nitrogens with one attached hydrogen (secondary N) is 1. The second kappa shape index (κ2) is 9.60. The lowest BCUT2D eigenvalue weighted by atomic mass is 10.1. The lowest BCUT2D eigenvalue weighted by molar-refractivity contribution is -0.122. The van der Waals surface area contributed by atoms with Crippen LogP contribution < -0.4 is 10.9 Å². The van der Waals surface area contributed by atoms with Crippen molar-refractivity contribution in [1.82, 2.24) is 15.1 Å². The summed E-state index contributed by atoms with van der Waals surface area (Å²) in [5.74, 6) is 0.471. The minimum absolute atomic E-state index is 0.139. The summed E-state index contributed by atoms with van der Waals surface area (Å²) >= 11 is 7.51. The normalized spacial score (nSPS) is 12.0. The molecule has 134 valence electrons. The number of hydrogen-bond donors (Lipinski definition) is 2. The maximum Gasteiger partial charge on any atom is 0.267 e. The van der Waals surface area contributed by atoms with Crippen molar-refractivity contribution < 1.29 is 9.90 Å². The Hall–Kier alpha value is -1.83. The zero-order chi connectivity index (χ0) is 18.2. The number of nitrogens with zero attached hydrogens (tertiary/aromatic N) is 2. The van der Waals surface area contributed by atoms with Gasteiger partial charge in [0.05, 0.1) is 18.3 Å². The molecule has 0 spiro atoms. The van der Waals surface area contributed by atoms with Gasteiger partial charge in [-0.15, -0.1) is 0 Å². The van der Waals surface area contributed by atoms with Crippen LogP contribution in [0.1, 0.15) is 6.42 Å². The molecule has 6 nitrogen and oxygen atoms in total. The molecule has 2 N–H and O–H groups in total. The Kier molecular flexibility index (Phi) is 7.49. The van der Waals surface area contributed by atoms with Crippen molar-refractivity contribution in [3.8, 4) is 11.3 Å². The first-order valence-corrected chi connectivity index (χ1v) is 9.54. The number of thioether (sulfide) groups is 1. The minimum atomic E-state index is -0.363. The van der Waals surface area contributed by atoms with E-state index in [1.165, 1.54) is 6.07 Å². The predicted molar refractivity (Wildman–Crippen MR) is 101 cm³/mol. The summed E-state index contributed by atoms with van der Waals surface area (Å²) in [5.41, 5.74) is 1.01. The minimum Gasteiger partial charge on any atom is -0.394 e. The van der Waals surface area contributed by atoms with Gasteiger partial charge >= 0.3 is 0 Å². The lowest BCUT2D eigenvalue weighted by Gasteiger charge is -2.16. The van der Waals surface area contributed by atoms with Crippen molar-refractivity contribution in [2.45, 2.75) is 19.0 Å². The molecule has 2 aromatic rings. The van der Waals surface area contributed by atoms with E-state index in [4.69, 9.17) is 11.6 Å². The standard InChI is InChI=1S/C17H20ClN3O3S/c1-25-9-8-14(11-22)19-16(23)10-21-17(24)7-6-15(20-21)12-2-4-13(18)5-3-12/h2-7,14,22H,8-11H2,1H3,(H,19,23)/t14-/m1/s1. The number of carbonyl (C=O) groups excluding carboxylic acids is 1. The van der Waals surface area contributed by atoms with Crippen molar-refractivity contribution >= 4 is 29.3 Å². The van der Waals surface area contributed by atoms with E-state index in [0.29, 0.717) is 17.1 Å². The molecule has 1 heterocycles. The van der Waals surface area contributed by atoms with Crippen LogP contribution in [0.4, 0.5) is 0 Å². The first kappa shape index (κ1) is 19.5. The Morgan fingerprint density at radius 1 is 1.32 bits per heavy atom. The second-order valence-electron chi connectivity index (χ2n) is 5.45. The van der Waals surface area contributed by atoms with Crippen LogP contribution in [0, 0.1) is 0 Å². The number of carbonyl (C=O) groups is 1. The van der Waals surface area contributed by atoms with E-state index in [1.807, 2.05) is 6.26 Å². The van der Waals surface area contributed by atoms with Gasteiger partial charge in [-0.3, -0.25) is 9.59 Å². The Morgan fingerprint density at radius 2 is 2.04 bits per heavy atom. The maximum absolute atomic E-state index is 12.1. The van der Waals surface area contributed by atoms with E-state index in [1.54, 1.807) is 42.1 Å². The fourth-order valence-corrected chi connectivity index (χ4v) is 2.86. The smallest absolute Gasteiger partial charge is 0.267 e. The van der Waals surface area contributed by atoms with E-state index in [9.17, 15) is 14.7 Å². The molecule has 0 aliphatic heterocycles. The van der Waals surface area contributed by atoms with Crippen LogP contribution in [-0.2, 0) is 11.3 Å². The van der Waals surface area contributed by atoms with E-state index < -0.39 is 0 Å². The van der Waals surface area contributed by atoms with Gasteiger partial charge in [-0.2, -0.15) is 16.9 Å². The van der Waals surface area contributed by atoms with Crippen molar-refractivity contribution in [3.63, 3.8) is 0 Å². The van der Waals surface area contributed by atoms with Crippen LogP contribution in [0.15, 0.2) is 41.2 Å². The van der Waals surface area contributed by atoms with Gasteiger partial charge in [0.1, 0.15) is 6.54 Å². The molecule has 1 aromatic heterocycles. The molecule has 0 bridgehead atoms. The number of aliphatic hydroxyl groups is 1. The zero-order valence-corrected chi connectivity index (χ0v) is 15.4. The Balaban J connectivity index is 2.11. The number of aromatic nitrogens is 2. The quantitative estimate of drug-likeness (QED) is 0.728. The number of aliphatic hydroxyl groups excluding tert-OH is 1. The Labute approximate surface area is 155 Å². The topological polar surface area (TPSA) is 84.2 Å². The Morgan fingerprint density at radius 3 is 2.68 bits per heavy atom. The van der Waals surface area contributed by atoms with Crippen LogP contribution in [0.3, 0.4) is 0 Å². The molecular formula is C17H20ClN3O3S. The molecule has 25 heavy (non-hydrogen) atoms. The van der Waals surface area contributed by atoms with Crippen LogP contribution in [0.2, 0.25) is 5.02 Å². The van der Waals surface area contributed by atoms with Crippen LogP contribution in [0.25, 0.3) is 11.3 Å². The molecule has 0 radical (unpaired) electrons. The largest absolute Gasteiger partial charge is 0.394 e. The fraction of sp³-hybridized carbons (Fsp3) is 0.353. The molecule has 0 unspecified atom stereocenters. The molecule has 8 heteroatoms. The second-order valence-corrected chi connectivity index (χ2v) is 6.87. The third-order valence-electron chi connectivity index (χ3n) is 3.56. The number of halogens is 1. The average molecular weight is 382 g/mol. The highest BCUT2D eigenvalue weighted by Crippen LogP contribution is 2.18. The molecule has 2 rings (SSSR count). The Bertz CT molecular complexity index is 764. The van der Waals surface area contributed by atoms with Crippen molar-refractivity contribution in [2.24, 2.45) is 0 Å². The summed E-state index contributed by atoms with van der Waals surface area (Å²) in [5, 5.41) is 16.9. The number of amides is 1. The van der Waals surface area contributed by atoms with Gasteiger partial charge in [-0.05, 0) is 36.6 Å². The summed E-state index contributed by atoms with van der Waals surface area (Å²) in [6, 6.07) is 9.72. The van der Waals surface area contributed by atoms with E-state index in [2.05, 4.69) is 10.4 Å². The maximum atomic E-state index is 12.1. The predicted octanol–water partition coefficient (Wildman–Crippen LogP) is 1.79. The molecule has 0 aliphatic carbocycles. The van der Waals surface area contributed by atoms with Gasteiger partial charge in [0.2, 0.25) is 5.91 Å². The summed E-state index contributed by atoms with van der Waals surface area (Å²) < 4.78 is 1.11. The number of hydrogen-bond acceptors (Lipinski definition) is 5. The third kappa shape index (κ3) is 5.88. The van der Waals surface area contributed by atoms with Gasteiger partial charge in [-0.1, -0.05) is 23.7 Å². The fourth-order valence-electron chi connectivity index (χ4n) is 2.22. The van der Waals surface area contributed by atoms with Crippen molar-refractivity contribution in [2.75, 3.05) is 18.6 Å². The summed E-state index contributed by atoms with van der Waals surface area (Å²) in [6.07, 6.45) is 2.62. The number of rotatable bonds is 8. The molecule has 1 amide bonds. The molecule has 1 aromatic carbocycles. The molecule has 0 saturated carbocycles. The molecule has 0 aliphatic rings. The lowest BCUT2D eigenvalue weighted by Crippen LogP contribution is -2.41. The molecule has 0 fully saturated rings. The van der Waals surface area contributed by atoms with Crippen LogP contribution in [-0.4, -0.2) is 45.5 Å². The van der Waals surface area contributed by atoms with Crippen molar-refractivity contribution in [3.05, 3.63) is 51.8 Å². The first-order chi connectivity index (χ1) is 12.0. The highest BCUT2D eigenvalue weighted by atomic mass is 35.5. The average Bonchev–Trinajstić information content (AvgIpc) is 2.61. The van der Waals surface area contributed by atoms with E-state index in [-0.39, 0.29) is 30.7 Å². The third-order valence-corrected chi connectivity index (χ3v) is 4.45. The molecular weight excluding hydrogens is 362 g/mol. The highest BCUT2D eigenvalue weighted by Gasteiger charge is 2.13. The molecule has 1 atom stereocenters. The van der Waals surface area contributed by atoms with Gasteiger partial charge < -0.3 is 10.4 Å².